The van der Waals surface area contributed by atoms with E-state index in [0.717, 1.165) is 42.4 Å². The van der Waals surface area contributed by atoms with Crippen molar-refractivity contribution in [2.24, 2.45) is 0 Å². The van der Waals surface area contributed by atoms with E-state index < -0.39 is 0 Å². The topological polar surface area (TPSA) is 78.9 Å². The highest BCUT2D eigenvalue weighted by Crippen LogP contribution is 2.22. The fourth-order valence-corrected chi connectivity index (χ4v) is 2.28. The summed E-state index contributed by atoms with van der Waals surface area (Å²) in [5.74, 6) is 2.65. The fraction of sp³-hybridized carbons (Fsp3) is 0.643. The zero-order valence-corrected chi connectivity index (χ0v) is 12.4. The average molecular weight is 277 g/mol. The minimum atomic E-state index is 0.0925. The highest BCUT2D eigenvalue weighted by molar-refractivity contribution is 5.79. The molecule has 0 spiro atoms. The van der Waals surface area contributed by atoms with Crippen LogP contribution in [0.4, 0.5) is 11.6 Å². The Kier molecular flexibility index (Phi) is 4.76. The zero-order chi connectivity index (χ0) is 14.5. The van der Waals surface area contributed by atoms with Crippen LogP contribution < -0.4 is 16.0 Å². The lowest BCUT2D eigenvalue weighted by molar-refractivity contribution is -0.119. The van der Waals surface area contributed by atoms with E-state index in [1.54, 1.807) is 0 Å². The molecular formula is C14H23N5O. The van der Waals surface area contributed by atoms with Gasteiger partial charge in [-0.25, -0.2) is 9.97 Å². The molecule has 0 saturated carbocycles. The SMILES string of the molecule is CCCc1nc(NCC)c(C)c(NC2CNC(=O)C2)n1. The van der Waals surface area contributed by atoms with E-state index in [1.807, 2.05) is 13.8 Å². The Bertz CT molecular complexity index is 489. The molecule has 1 aliphatic heterocycles. The second-order valence-electron chi connectivity index (χ2n) is 5.09. The quantitative estimate of drug-likeness (QED) is 0.734. The van der Waals surface area contributed by atoms with Gasteiger partial charge < -0.3 is 16.0 Å². The van der Waals surface area contributed by atoms with E-state index in [-0.39, 0.29) is 11.9 Å². The number of aryl methyl sites for hydroxylation is 1. The monoisotopic (exact) mass is 277 g/mol. The molecule has 1 fully saturated rings. The first-order chi connectivity index (χ1) is 9.63. The number of carbonyl (C=O) groups excluding carboxylic acids is 1. The number of carbonyl (C=O) groups is 1. The van der Waals surface area contributed by atoms with Gasteiger partial charge in [-0.05, 0) is 20.3 Å². The smallest absolute Gasteiger partial charge is 0.222 e. The minimum absolute atomic E-state index is 0.0925. The summed E-state index contributed by atoms with van der Waals surface area (Å²) in [6.45, 7) is 7.64. The van der Waals surface area contributed by atoms with Crippen molar-refractivity contribution in [2.75, 3.05) is 23.7 Å². The fourth-order valence-electron chi connectivity index (χ4n) is 2.28. The highest BCUT2D eigenvalue weighted by Gasteiger charge is 2.22. The van der Waals surface area contributed by atoms with E-state index in [9.17, 15) is 4.79 Å². The van der Waals surface area contributed by atoms with Crippen LogP contribution in [0.15, 0.2) is 0 Å². The van der Waals surface area contributed by atoms with E-state index in [0.29, 0.717) is 13.0 Å². The predicted molar refractivity (Wildman–Crippen MR) is 80.0 cm³/mol. The van der Waals surface area contributed by atoms with Gasteiger partial charge in [-0.15, -0.1) is 0 Å². The van der Waals surface area contributed by atoms with Gasteiger partial charge in [-0.2, -0.15) is 0 Å². The van der Waals surface area contributed by atoms with Crippen LogP contribution >= 0.6 is 0 Å². The summed E-state index contributed by atoms with van der Waals surface area (Å²) in [6, 6.07) is 0.111. The highest BCUT2D eigenvalue weighted by atomic mass is 16.1. The van der Waals surface area contributed by atoms with Gasteiger partial charge in [-0.3, -0.25) is 4.79 Å². The molecule has 0 aromatic carbocycles. The van der Waals surface area contributed by atoms with E-state index in [4.69, 9.17) is 0 Å². The molecule has 1 saturated heterocycles. The summed E-state index contributed by atoms with van der Waals surface area (Å²) >= 11 is 0. The van der Waals surface area contributed by atoms with Crippen LogP contribution in [0, 0.1) is 6.92 Å². The van der Waals surface area contributed by atoms with E-state index in [1.165, 1.54) is 0 Å². The number of nitrogens with one attached hydrogen (secondary N) is 3. The lowest BCUT2D eigenvalue weighted by atomic mass is 10.2. The van der Waals surface area contributed by atoms with Crippen LogP contribution in [0.5, 0.6) is 0 Å². The molecule has 0 aliphatic carbocycles. The Hall–Kier alpha value is -1.85. The molecule has 1 unspecified atom stereocenters. The molecular weight excluding hydrogens is 254 g/mol. The molecule has 1 amide bonds. The van der Waals surface area contributed by atoms with Gasteiger partial charge in [0.05, 0.1) is 6.04 Å². The number of amides is 1. The Morgan fingerprint density at radius 1 is 1.30 bits per heavy atom. The number of hydrogen-bond donors (Lipinski definition) is 3. The summed E-state index contributed by atoms with van der Waals surface area (Å²) < 4.78 is 0. The Labute approximate surface area is 119 Å². The van der Waals surface area contributed by atoms with Gasteiger partial charge in [0.25, 0.3) is 0 Å². The van der Waals surface area contributed by atoms with Crippen molar-refractivity contribution in [3.63, 3.8) is 0 Å². The van der Waals surface area contributed by atoms with Crippen molar-refractivity contribution in [2.45, 2.75) is 46.1 Å². The summed E-state index contributed by atoms with van der Waals surface area (Å²) in [5, 5.41) is 9.47. The van der Waals surface area contributed by atoms with E-state index in [2.05, 4.69) is 32.8 Å². The van der Waals surface area contributed by atoms with Crippen molar-refractivity contribution >= 4 is 17.5 Å². The molecule has 0 radical (unpaired) electrons. The maximum absolute atomic E-state index is 11.3. The van der Waals surface area contributed by atoms with Crippen LogP contribution in [0.3, 0.4) is 0 Å². The maximum Gasteiger partial charge on any atom is 0.222 e. The maximum atomic E-state index is 11.3. The number of hydrogen-bond acceptors (Lipinski definition) is 5. The lowest BCUT2D eigenvalue weighted by Gasteiger charge is -2.17. The van der Waals surface area contributed by atoms with Gasteiger partial charge in [0.1, 0.15) is 17.5 Å². The van der Waals surface area contributed by atoms with Crippen LogP contribution in [0.25, 0.3) is 0 Å². The molecule has 1 aromatic rings. The third-order valence-electron chi connectivity index (χ3n) is 3.33. The molecule has 3 N–H and O–H groups in total. The lowest BCUT2D eigenvalue weighted by Crippen LogP contribution is -2.24. The van der Waals surface area contributed by atoms with Crippen molar-refractivity contribution < 1.29 is 4.79 Å². The molecule has 2 rings (SSSR count). The molecule has 1 atom stereocenters. The molecule has 6 heteroatoms. The molecule has 20 heavy (non-hydrogen) atoms. The third-order valence-corrected chi connectivity index (χ3v) is 3.33. The van der Waals surface area contributed by atoms with Gasteiger partial charge in [0, 0.05) is 31.5 Å². The zero-order valence-electron chi connectivity index (χ0n) is 12.4. The Morgan fingerprint density at radius 3 is 2.65 bits per heavy atom. The first kappa shape index (κ1) is 14.6. The van der Waals surface area contributed by atoms with Crippen LogP contribution in [0.1, 0.15) is 38.1 Å². The van der Waals surface area contributed by atoms with E-state index >= 15 is 0 Å². The molecule has 1 aliphatic rings. The summed E-state index contributed by atoms with van der Waals surface area (Å²) in [4.78, 5) is 20.4. The molecule has 1 aromatic heterocycles. The molecule has 6 nitrogen and oxygen atoms in total. The van der Waals surface area contributed by atoms with Crippen molar-refractivity contribution in [3.8, 4) is 0 Å². The van der Waals surface area contributed by atoms with Crippen LogP contribution in [0.2, 0.25) is 0 Å². The Morgan fingerprint density at radius 2 is 2.05 bits per heavy atom. The standard InChI is InChI=1S/C14H23N5O/c1-4-6-11-18-13(15-5-2)9(3)14(19-11)17-10-7-12(20)16-8-10/h10H,4-8H2,1-3H3,(H,16,20)(H2,15,17,18,19). The Balaban J connectivity index is 2.22. The minimum Gasteiger partial charge on any atom is -0.370 e. The largest absolute Gasteiger partial charge is 0.370 e. The second kappa shape index (κ2) is 6.54. The predicted octanol–water partition coefficient (Wildman–Crippen LogP) is 1.47. The first-order valence-electron chi connectivity index (χ1n) is 7.28. The number of anilines is 2. The van der Waals surface area contributed by atoms with Gasteiger partial charge >= 0.3 is 0 Å². The van der Waals surface area contributed by atoms with Gasteiger partial charge in [-0.1, -0.05) is 6.92 Å². The van der Waals surface area contributed by atoms with Crippen LogP contribution in [-0.4, -0.2) is 35.0 Å². The number of aromatic nitrogens is 2. The normalized spacial score (nSPS) is 17.9. The average Bonchev–Trinajstić information content (AvgIpc) is 2.81. The van der Waals surface area contributed by atoms with Crippen molar-refractivity contribution in [1.29, 1.82) is 0 Å². The summed E-state index contributed by atoms with van der Waals surface area (Å²) in [7, 11) is 0. The first-order valence-corrected chi connectivity index (χ1v) is 7.28. The summed E-state index contributed by atoms with van der Waals surface area (Å²) in [6.07, 6.45) is 2.37. The van der Waals surface area contributed by atoms with Gasteiger partial charge in [0.15, 0.2) is 0 Å². The van der Waals surface area contributed by atoms with Crippen molar-refractivity contribution in [3.05, 3.63) is 11.4 Å². The molecule has 0 bridgehead atoms. The third kappa shape index (κ3) is 3.37. The van der Waals surface area contributed by atoms with Crippen molar-refractivity contribution in [1.82, 2.24) is 15.3 Å². The van der Waals surface area contributed by atoms with Crippen LogP contribution in [-0.2, 0) is 11.2 Å². The number of rotatable bonds is 6. The van der Waals surface area contributed by atoms with Gasteiger partial charge in [0.2, 0.25) is 5.91 Å². The molecule has 2 heterocycles. The molecule has 110 valence electrons. The summed E-state index contributed by atoms with van der Waals surface area (Å²) in [5.41, 5.74) is 1.01. The second-order valence-corrected chi connectivity index (χ2v) is 5.09. The number of nitrogens with zero attached hydrogens (tertiary/aromatic N) is 2.